The second-order valence-electron chi connectivity index (χ2n) is 3.91. The summed E-state index contributed by atoms with van der Waals surface area (Å²) in [5, 5.41) is 8.65. The molecule has 0 bridgehead atoms. The number of hydrogen-bond acceptors (Lipinski definition) is 3. The number of aliphatic carboxylic acids is 1. The average Bonchev–Trinajstić information content (AvgIpc) is 2.68. The summed E-state index contributed by atoms with van der Waals surface area (Å²) in [5.41, 5.74) is 1.09. The van der Waals surface area contributed by atoms with Gasteiger partial charge in [0.25, 0.3) is 0 Å². The van der Waals surface area contributed by atoms with Crippen LogP contribution in [0.15, 0.2) is 28.7 Å². The number of carbonyl (C=O) groups is 1. The van der Waals surface area contributed by atoms with Gasteiger partial charge in [-0.15, -0.1) is 0 Å². The predicted octanol–water partition coefficient (Wildman–Crippen LogP) is 2.21. The fourth-order valence-corrected chi connectivity index (χ4v) is 2.21. The molecule has 92 valence electrons. The molecule has 2 unspecified atom stereocenters. The van der Waals surface area contributed by atoms with Crippen molar-refractivity contribution < 1.29 is 19.4 Å². The van der Waals surface area contributed by atoms with Gasteiger partial charge in [0, 0.05) is 10.9 Å². The minimum atomic E-state index is -0.861. The fourth-order valence-electron chi connectivity index (χ4n) is 1.76. The molecule has 0 amide bonds. The van der Waals surface area contributed by atoms with E-state index in [1.807, 2.05) is 24.3 Å². The lowest BCUT2D eigenvalue weighted by Gasteiger charge is -2.11. The molecule has 4 nitrogen and oxygen atoms in total. The molecule has 1 heterocycles. The zero-order valence-electron chi connectivity index (χ0n) is 9.14. The minimum Gasteiger partial charge on any atom is -0.481 e. The Labute approximate surface area is 108 Å². The maximum atomic E-state index is 10.5. The molecule has 0 aliphatic carbocycles. The predicted molar refractivity (Wildman–Crippen MR) is 64.7 cm³/mol. The number of halogens is 1. The van der Waals surface area contributed by atoms with Crippen molar-refractivity contribution in [2.24, 2.45) is 0 Å². The molecule has 0 radical (unpaired) electrons. The van der Waals surface area contributed by atoms with Crippen LogP contribution in [0, 0.1) is 0 Å². The lowest BCUT2D eigenvalue weighted by Crippen LogP contribution is -2.17. The maximum absolute atomic E-state index is 10.5. The largest absolute Gasteiger partial charge is 0.481 e. The topological polar surface area (TPSA) is 55.8 Å². The van der Waals surface area contributed by atoms with Crippen LogP contribution in [0.5, 0.6) is 0 Å². The third-order valence-corrected chi connectivity index (χ3v) is 3.33. The normalized spacial score (nSPS) is 23.8. The number of rotatable bonds is 4. The first kappa shape index (κ1) is 12.5. The van der Waals surface area contributed by atoms with Crippen LogP contribution in [0.3, 0.4) is 0 Å². The molecule has 1 aliphatic heterocycles. The van der Waals surface area contributed by atoms with Crippen molar-refractivity contribution in [3.63, 3.8) is 0 Å². The van der Waals surface area contributed by atoms with Gasteiger partial charge in [-0.25, -0.2) is 0 Å². The van der Waals surface area contributed by atoms with Gasteiger partial charge >= 0.3 is 5.97 Å². The van der Waals surface area contributed by atoms with Gasteiger partial charge in [-0.3, -0.25) is 4.79 Å². The zero-order valence-corrected chi connectivity index (χ0v) is 10.7. The van der Waals surface area contributed by atoms with Crippen molar-refractivity contribution in [1.29, 1.82) is 0 Å². The standard InChI is InChI=1S/C12H13BrO4/c13-10-4-2-1-3-8(10)5-12-16-7-9(17-12)6-11(14)15/h1-4,9,12H,5-7H2,(H,14,15). The first-order chi connectivity index (χ1) is 8.15. The molecular formula is C12H13BrO4. The Kier molecular flexibility index (Phi) is 4.15. The second-order valence-corrected chi connectivity index (χ2v) is 4.77. The van der Waals surface area contributed by atoms with Crippen molar-refractivity contribution in [2.75, 3.05) is 6.61 Å². The van der Waals surface area contributed by atoms with Gasteiger partial charge in [0.15, 0.2) is 6.29 Å². The Morgan fingerprint density at radius 1 is 1.47 bits per heavy atom. The maximum Gasteiger partial charge on any atom is 0.306 e. The molecule has 0 aromatic heterocycles. The Hall–Kier alpha value is -0.910. The molecular weight excluding hydrogens is 288 g/mol. The summed E-state index contributed by atoms with van der Waals surface area (Å²) in [6.45, 7) is 0.349. The van der Waals surface area contributed by atoms with Gasteiger partial charge in [0.1, 0.15) is 0 Å². The van der Waals surface area contributed by atoms with Crippen molar-refractivity contribution >= 4 is 21.9 Å². The zero-order chi connectivity index (χ0) is 12.3. The van der Waals surface area contributed by atoms with Crippen LogP contribution in [0.25, 0.3) is 0 Å². The van der Waals surface area contributed by atoms with E-state index in [1.165, 1.54) is 0 Å². The quantitative estimate of drug-likeness (QED) is 0.926. The van der Waals surface area contributed by atoms with Gasteiger partial charge in [0.2, 0.25) is 0 Å². The van der Waals surface area contributed by atoms with Crippen molar-refractivity contribution in [1.82, 2.24) is 0 Å². The van der Waals surface area contributed by atoms with E-state index in [0.717, 1.165) is 10.0 Å². The lowest BCUT2D eigenvalue weighted by atomic mass is 10.1. The Morgan fingerprint density at radius 3 is 2.94 bits per heavy atom. The van der Waals surface area contributed by atoms with E-state index in [2.05, 4.69) is 15.9 Å². The summed E-state index contributed by atoms with van der Waals surface area (Å²) < 4.78 is 11.9. The molecule has 1 aromatic carbocycles. The van der Waals surface area contributed by atoms with Crippen molar-refractivity contribution in [3.05, 3.63) is 34.3 Å². The lowest BCUT2D eigenvalue weighted by molar-refractivity contribution is -0.140. The van der Waals surface area contributed by atoms with Crippen LogP contribution in [-0.2, 0) is 20.7 Å². The smallest absolute Gasteiger partial charge is 0.306 e. The van der Waals surface area contributed by atoms with E-state index in [0.29, 0.717) is 13.0 Å². The highest BCUT2D eigenvalue weighted by Crippen LogP contribution is 2.22. The first-order valence-electron chi connectivity index (χ1n) is 5.37. The number of ether oxygens (including phenoxy) is 2. The Balaban J connectivity index is 1.90. The third kappa shape index (κ3) is 3.52. The van der Waals surface area contributed by atoms with Gasteiger partial charge in [-0.05, 0) is 11.6 Å². The Morgan fingerprint density at radius 2 is 2.24 bits per heavy atom. The van der Waals surface area contributed by atoms with Gasteiger partial charge in [-0.2, -0.15) is 0 Å². The average molecular weight is 301 g/mol. The molecule has 1 aliphatic rings. The summed E-state index contributed by atoms with van der Waals surface area (Å²) in [7, 11) is 0. The van der Waals surface area contributed by atoms with Gasteiger partial charge < -0.3 is 14.6 Å². The fraction of sp³-hybridized carbons (Fsp3) is 0.417. The monoisotopic (exact) mass is 300 g/mol. The van der Waals surface area contributed by atoms with Crippen LogP contribution >= 0.6 is 15.9 Å². The van der Waals surface area contributed by atoms with Crippen LogP contribution < -0.4 is 0 Å². The van der Waals surface area contributed by atoms with E-state index in [-0.39, 0.29) is 18.8 Å². The molecule has 5 heteroatoms. The van der Waals surface area contributed by atoms with E-state index in [4.69, 9.17) is 14.6 Å². The van der Waals surface area contributed by atoms with Crippen LogP contribution in [-0.4, -0.2) is 30.1 Å². The second kappa shape index (κ2) is 5.62. The van der Waals surface area contributed by atoms with E-state index in [1.54, 1.807) is 0 Å². The highest BCUT2D eigenvalue weighted by Gasteiger charge is 2.28. The van der Waals surface area contributed by atoms with Gasteiger partial charge in [0.05, 0.1) is 19.1 Å². The minimum absolute atomic E-state index is 0.00748. The third-order valence-electron chi connectivity index (χ3n) is 2.56. The van der Waals surface area contributed by atoms with Gasteiger partial charge in [-0.1, -0.05) is 34.1 Å². The highest BCUT2D eigenvalue weighted by atomic mass is 79.9. The van der Waals surface area contributed by atoms with E-state index in [9.17, 15) is 4.79 Å². The summed E-state index contributed by atoms with van der Waals surface area (Å²) in [5.74, 6) is -0.861. The summed E-state index contributed by atoms with van der Waals surface area (Å²) in [6, 6.07) is 7.83. The van der Waals surface area contributed by atoms with E-state index < -0.39 is 5.97 Å². The summed E-state index contributed by atoms with van der Waals surface area (Å²) >= 11 is 3.45. The molecule has 1 fully saturated rings. The Bertz CT molecular complexity index is 407. The number of hydrogen-bond donors (Lipinski definition) is 1. The first-order valence-corrected chi connectivity index (χ1v) is 6.16. The molecule has 2 rings (SSSR count). The molecule has 0 spiro atoms. The van der Waals surface area contributed by atoms with Crippen LogP contribution in [0.2, 0.25) is 0 Å². The molecule has 2 atom stereocenters. The molecule has 17 heavy (non-hydrogen) atoms. The number of benzene rings is 1. The highest BCUT2D eigenvalue weighted by molar-refractivity contribution is 9.10. The van der Waals surface area contributed by atoms with Crippen LogP contribution in [0.1, 0.15) is 12.0 Å². The number of carboxylic acids is 1. The molecule has 1 aromatic rings. The van der Waals surface area contributed by atoms with Crippen molar-refractivity contribution in [2.45, 2.75) is 25.2 Å². The van der Waals surface area contributed by atoms with Crippen molar-refractivity contribution in [3.8, 4) is 0 Å². The summed E-state index contributed by atoms with van der Waals surface area (Å²) in [4.78, 5) is 10.5. The SMILES string of the molecule is O=C(O)CC1COC(Cc2ccccc2Br)O1. The van der Waals surface area contributed by atoms with E-state index >= 15 is 0 Å². The summed E-state index contributed by atoms with van der Waals surface area (Å²) in [6.07, 6.45) is -0.0673. The molecule has 0 saturated carbocycles. The number of carboxylic acid groups (broad SMARTS) is 1. The molecule has 1 N–H and O–H groups in total. The van der Waals surface area contributed by atoms with Crippen LogP contribution in [0.4, 0.5) is 0 Å². The molecule has 1 saturated heterocycles.